The van der Waals surface area contributed by atoms with Gasteiger partial charge in [0, 0.05) is 5.39 Å². The van der Waals surface area contributed by atoms with E-state index in [0.717, 1.165) is 36.6 Å². The predicted octanol–water partition coefficient (Wildman–Crippen LogP) is 2.25. The molecular weight excluding hydrogens is 434 g/mol. The van der Waals surface area contributed by atoms with Gasteiger partial charge in [-0.3, -0.25) is 4.79 Å². The Morgan fingerprint density at radius 1 is 1.24 bits per heavy atom. The summed E-state index contributed by atoms with van der Waals surface area (Å²) < 4.78 is 4.88. The lowest BCUT2D eigenvalue weighted by Crippen LogP contribution is -2.46. The first-order valence-corrected chi connectivity index (χ1v) is 11.8. The minimum absolute atomic E-state index is 0.0229. The van der Waals surface area contributed by atoms with Gasteiger partial charge in [-0.15, -0.1) is 0 Å². The van der Waals surface area contributed by atoms with Crippen molar-refractivity contribution in [1.82, 2.24) is 15.3 Å². The summed E-state index contributed by atoms with van der Waals surface area (Å²) in [5.41, 5.74) is 13.0. The minimum Gasteiger partial charge on any atom is -0.467 e. The molecule has 1 fully saturated rings. The zero-order valence-corrected chi connectivity index (χ0v) is 20.3. The van der Waals surface area contributed by atoms with Crippen molar-refractivity contribution in [1.29, 1.82) is 0 Å². The van der Waals surface area contributed by atoms with Crippen molar-refractivity contribution in [2.45, 2.75) is 71.0 Å². The largest absolute Gasteiger partial charge is 0.467 e. The van der Waals surface area contributed by atoms with Gasteiger partial charge < -0.3 is 26.8 Å². The van der Waals surface area contributed by atoms with Crippen LogP contribution >= 0.6 is 0 Å². The molecule has 1 aliphatic carbocycles. The number of ether oxygens (including phenoxy) is 1. The van der Waals surface area contributed by atoms with Crippen LogP contribution in [0.5, 0.6) is 0 Å². The van der Waals surface area contributed by atoms with E-state index in [1.54, 1.807) is 0 Å². The van der Waals surface area contributed by atoms with E-state index >= 15 is 0 Å². The van der Waals surface area contributed by atoms with Gasteiger partial charge in [0.15, 0.2) is 5.96 Å². The van der Waals surface area contributed by atoms with Crippen LogP contribution in [0.2, 0.25) is 0 Å². The maximum Gasteiger partial charge on any atom is 0.328 e. The van der Waals surface area contributed by atoms with E-state index in [4.69, 9.17) is 16.2 Å². The predicted molar refractivity (Wildman–Crippen MR) is 132 cm³/mol. The molecule has 1 aliphatic rings. The number of methoxy groups -OCH3 is 1. The Bertz CT molecular complexity index is 1070. The Hall–Kier alpha value is -3.43. The van der Waals surface area contributed by atoms with Crippen molar-refractivity contribution in [3.05, 3.63) is 29.6 Å². The third-order valence-corrected chi connectivity index (χ3v) is 6.38. The first kappa shape index (κ1) is 25.2. The quantitative estimate of drug-likeness (QED) is 0.260. The molecule has 4 atom stereocenters. The molecule has 0 saturated heterocycles. The first-order valence-electron chi connectivity index (χ1n) is 11.8. The molecule has 1 aromatic heterocycles. The van der Waals surface area contributed by atoms with E-state index < -0.39 is 17.9 Å². The van der Waals surface area contributed by atoms with Crippen LogP contribution in [0, 0.1) is 12.8 Å². The van der Waals surface area contributed by atoms with Gasteiger partial charge in [-0.2, -0.15) is 0 Å². The summed E-state index contributed by atoms with van der Waals surface area (Å²) in [6.07, 6.45) is 4.51. The summed E-state index contributed by atoms with van der Waals surface area (Å²) in [6.45, 7) is 5.81. The van der Waals surface area contributed by atoms with Crippen LogP contribution in [0.4, 0.5) is 5.82 Å². The lowest BCUT2D eigenvalue weighted by Gasteiger charge is -2.30. The molecule has 1 aromatic carbocycles. The molecule has 6 N–H and O–H groups in total. The topological polar surface area (TPSA) is 158 Å². The van der Waals surface area contributed by atoms with Crippen LogP contribution in [-0.4, -0.2) is 53.0 Å². The second kappa shape index (κ2) is 11.1. The number of carbonyl (C=O) groups excluding carboxylic acids is 2. The molecule has 1 amide bonds. The number of amides is 1. The molecule has 0 bridgehead atoms. The van der Waals surface area contributed by atoms with Crippen molar-refractivity contribution in [2.75, 3.05) is 12.4 Å². The maximum atomic E-state index is 13.1. The van der Waals surface area contributed by atoms with Gasteiger partial charge in [-0.1, -0.05) is 44.7 Å². The van der Waals surface area contributed by atoms with Gasteiger partial charge in [0.1, 0.15) is 11.9 Å². The molecule has 4 unspecified atom stereocenters. The number of aromatic nitrogens is 2. The molecule has 10 nitrogen and oxygen atoms in total. The number of carbonyl (C=O) groups is 2. The lowest BCUT2D eigenvalue weighted by atomic mass is 9.90. The molecule has 0 spiro atoms. The Morgan fingerprint density at radius 3 is 2.65 bits per heavy atom. The molecule has 10 heteroatoms. The molecular formula is C24H35N7O3. The smallest absolute Gasteiger partial charge is 0.328 e. The molecule has 34 heavy (non-hydrogen) atoms. The van der Waals surface area contributed by atoms with Gasteiger partial charge >= 0.3 is 5.97 Å². The molecule has 0 radical (unpaired) electrons. The summed E-state index contributed by atoms with van der Waals surface area (Å²) >= 11 is 0. The van der Waals surface area contributed by atoms with Crippen LogP contribution in [0.25, 0.3) is 10.9 Å². The fourth-order valence-corrected chi connectivity index (χ4v) is 4.26. The van der Waals surface area contributed by atoms with Crippen molar-refractivity contribution in [2.24, 2.45) is 22.4 Å². The number of anilines is 1. The average molecular weight is 470 g/mol. The van der Waals surface area contributed by atoms with Crippen LogP contribution in [-0.2, 0) is 9.53 Å². The number of fused-ring (bicyclic) bond motifs is 1. The lowest BCUT2D eigenvalue weighted by molar-refractivity contribution is -0.144. The Balaban J connectivity index is 1.98. The van der Waals surface area contributed by atoms with Crippen LogP contribution in [0.1, 0.15) is 62.1 Å². The number of esters is 1. The van der Waals surface area contributed by atoms with Crippen LogP contribution in [0.15, 0.2) is 23.2 Å². The molecule has 184 valence electrons. The fraction of sp³-hybridized carbons (Fsp3) is 0.542. The number of hydrogen-bond acceptors (Lipinski definition) is 7. The number of aliphatic imine (C=N–C) groups is 1. The highest BCUT2D eigenvalue weighted by Crippen LogP contribution is 2.28. The minimum atomic E-state index is -0.791. The van der Waals surface area contributed by atoms with E-state index in [2.05, 4.69) is 25.6 Å². The number of rotatable bonds is 8. The highest BCUT2D eigenvalue weighted by atomic mass is 16.5. The number of nitrogens with zero attached hydrogens (tertiary/aromatic N) is 3. The number of guanidine groups is 1. The molecule has 3 rings (SSSR count). The highest BCUT2D eigenvalue weighted by Gasteiger charge is 2.29. The second-order valence-corrected chi connectivity index (χ2v) is 8.93. The van der Waals surface area contributed by atoms with Crippen molar-refractivity contribution in [3.8, 4) is 0 Å². The van der Waals surface area contributed by atoms with Gasteiger partial charge in [-0.05, 0) is 37.8 Å². The van der Waals surface area contributed by atoms with Crippen LogP contribution < -0.4 is 22.1 Å². The highest BCUT2D eigenvalue weighted by molar-refractivity contribution is 5.98. The third-order valence-electron chi connectivity index (χ3n) is 6.38. The maximum absolute atomic E-state index is 13.1. The summed E-state index contributed by atoms with van der Waals surface area (Å²) in [7, 11) is 1.30. The Kier molecular flexibility index (Phi) is 8.25. The van der Waals surface area contributed by atoms with Crippen molar-refractivity contribution < 1.29 is 14.3 Å². The van der Waals surface area contributed by atoms with E-state index in [9.17, 15) is 9.59 Å². The Labute approximate surface area is 199 Å². The number of nitrogens with two attached hydrogens (primary N) is 2. The summed E-state index contributed by atoms with van der Waals surface area (Å²) in [4.78, 5) is 38.8. The number of hydrogen-bond donors (Lipinski definition) is 4. The van der Waals surface area contributed by atoms with Gasteiger partial charge in [-0.25, -0.2) is 19.8 Å². The Morgan fingerprint density at radius 2 is 1.97 bits per heavy atom. The first-order chi connectivity index (χ1) is 16.2. The summed E-state index contributed by atoms with van der Waals surface area (Å²) in [5.74, 6) is -0.573. The number of aryl methyl sites for hydroxylation is 1. The standard InChI is InChI=1S/C24H35N7O3/c1-5-14(3)19(23(33)34-4)30-22(32)21-27-16-11-10-13(2)12-15(16)20(31-21)28-17-8-6-7-9-18(17)29-24(25)26/h10-12,14,17-19H,5-9H2,1-4H3,(H,30,32)(H4,25,26,29)(H,27,28,31). The average Bonchev–Trinajstić information content (AvgIpc) is 2.82. The normalized spacial score (nSPS) is 19.6. The zero-order valence-electron chi connectivity index (χ0n) is 20.3. The van der Waals surface area contributed by atoms with E-state index in [-0.39, 0.29) is 29.8 Å². The summed E-state index contributed by atoms with van der Waals surface area (Å²) in [6, 6.07) is 4.86. The monoisotopic (exact) mass is 469 g/mol. The third kappa shape index (κ3) is 5.92. The zero-order chi connectivity index (χ0) is 24.8. The molecule has 2 aromatic rings. The number of nitrogens with one attached hydrogen (secondary N) is 2. The van der Waals surface area contributed by atoms with Gasteiger partial charge in [0.2, 0.25) is 5.82 Å². The van der Waals surface area contributed by atoms with Crippen molar-refractivity contribution >= 4 is 34.6 Å². The fourth-order valence-electron chi connectivity index (χ4n) is 4.26. The van der Waals surface area contributed by atoms with E-state index in [0.29, 0.717) is 17.8 Å². The van der Waals surface area contributed by atoms with Gasteiger partial charge in [0.05, 0.1) is 24.7 Å². The van der Waals surface area contributed by atoms with E-state index in [1.165, 1.54) is 7.11 Å². The van der Waals surface area contributed by atoms with Gasteiger partial charge in [0.25, 0.3) is 5.91 Å². The van der Waals surface area contributed by atoms with E-state index in [1.807, 2.05) is 39.0 Å². The molecule has 1 heterocycles. The SMILES string of the molecule is CCC(C)C(NC(=O)c1nc(NC2CCCCC2N=C(N)N)c2cc(C)ccc2n1)C(=O)OC. The number of benzene rings is 1. The van der Waals surface area contributed by atoms with Crippen LogP contribution in [0.3, 0.4) is 0 Å². The molecule has 1 saturated carbocycles. The second-order valence-electron chi connectivity index (χ2n) is 8.93. The van der Waals surface area contributed by atoms with Crippen molar-refractivity contribution in [3.63, 3.8) is 0 Å². The summed E-state index contributed by atoms with van der Waals surface area (Å²) in [5, 5.41) is 7.04. The molecule has 0 aliphatic heterocycles.